The number of aromatic amines is 1. The molecule has 1 aliphatic rings. The fourth-order valence-corrected chi connectivity index (χ4v) is 3.57. The maximum absolute atomic E-state index is 14.0. The molecule has 2 heterocycles. The Morgan fingerprint density at radius 1 is 1.38 bits per heavy atom. The molecule has 1 fully saturated rings. The molecule has 0 radical (unpaired) electrons. The summed E-state index contributed by atoms with van der Waals surface area (Å²) in [6.45, 7) is 4.67. The van der Waals surface area contributed by atoms with E-state index in [1.165, 1.54) is 24.3 Å². The summed E-state index contributed by atoms with van der Waals surface area (Å²) in [7, 11) is 2.00. The van der Waals surface area contributed by atoms with Crippen LogP contribution in [0.5, 0.6) is 0 Å². The van der Waals surface area contributed by atoms with Crippen LogP contribution in [0.2, 0.25) is 0 Å². The van der Waals surface area contributed by atoms with Crippen molar-refractivity contribution in [1.82, 2.24) is 14.8 Å². The zero-order chi connectivity index (χ0) is 18.8. The average Bonchev–Trinajstić information content (AvgIpc) is 3.04. The first-order chi connectivity index (χ1) is 12.4. The van der Waals surface area contributed by atoms with E-state index in [0.29, 0.717) is 13.1 Å². The summed E-state index contributed by atoms with van der Waals surface area (Å²) in [6.07, 6.45) is 0. The summed E-state index contributed by atoms with van der Waals surface area (Å²) in [5.74, 6) is -0.742. The van der Waals surface area contributed by atoms with Gasteiger partial charge in [-0.1, -0.05) is 13.0 Å². The highest BCUT2D eigenvalue weighted by atomic mass is 19.1. The zero-order valence-electron chi connectivity index (χ0n) is 15.0. The summed E-state index contributed by atoms with van der Waals surface area (Å²) in [4.78, 5) is 31.6. The van der Waals surface area contributed by atoms with Crippen LogP contribution in [0, 0.1) is 17.7 Å². The minimum Gasteiger partial charge on any atom is -0.396 e. The van der Waals surface area contributed by atoms with Gasteiger partial charge in [-0.25, -0.2) is 4.39 Å². The SMILES string of the molecule is CCN(C)C[C@@H]1CN(C(=O)c2cc(=O)c3cccc(F)c3[nH]2)C[C@@H]1CO. The van der Waals surface area contributed by atoms with Crippen LogP contribution in [-0.2, 0) is 0 Å². The number of fused-ring (bicyclic) bond motifs is 1. The summed E-state index contributed by atoms with van der Waals surface area (Å²) in [5, 5.41) is 9.87. The Labute approximate surface area is 151 Å². The number of carbonyl (C=O) groups excluding carboxylic acids is 1. The number of H-pyrrole nitrogens is 1. The van der Waals surface area contributed by atoms with Gasteiger partial charge in [0.2, 0.25) is 0 Å². The van der Waals surface area contributed by atoms with Gasteiger partial charge in [0.25, 0.3) is 5.91 Å². The Hall–Kier alpha value is -2.25. The molecule has 3 rings (SSSR count). The molecule has 1 aliphatic heterocycles. The fraction of sp³-hybridized carbons (Fsp3) is 0.474. The minimum atomic E-state index is -0.564. The number of likely N-dealkylation sites (tertiary alicyclic amines) is 1. The van der Waals surface area contributed by atoms with Crippen molar-refractivity contribution in [2.45, 2.75) is 6.92 Å². The summed E-state index contributed by atoms with van der Waals surface area (Å²) < 4.78 is 14.0. The predicted molar refractivity (Wildman–Crippen MR) is 97.7 cm³/mol. The number of hydrogen-bond acceptors (Lipinski definition) is 4. The number of amides is 1. The number of aliphatic hydroxyl groups excluding tert-OH is 1. The van der Waals surface area contributed by atoms with Gasteiger partial charge >= 0.3 is 0 Å². The first kappa shape index (κ1) is 18.5. The van der Waals surface area contributed by atoms with Crippen molar-refractivity contribution in [2.75, 3.05) is 39.8 Å². The number of carbonyl (C=O) groups is 1. The number of aromatic nitrogens is 1. The number of halogens is 1. The van der Waals surface area contributed by atoms with Crippen molar-refractivity contribution in [1.29, 1.82) is 0 Å². The monoisotopic (exact) mass is 361 g/mol. The molecule has 140 valence electrons. The van der Waals surface area contributed by atoms with Gasteiger partial charge in [-0.2, -0.15) is 0 Å². The molecule has 0 aliphatic carbocycles. The molecule has 0 bridgehead atoms. The first-order valence-electron chi connectivity index (χ1n) is 8.84. The fourth-order valence-electron chi connectivity index (χ4n) is 3.57. The van der Waals surface area contributed by atoms with Gasteiger partial charge in [0, 0.05) is 43.6 Å². The Morgan fingerprint density at radius 3 is 2.81 bits per heavy atom. The number of para-hydroxylation sites is 1. The molecule has 1 aromatic carbocycles. The van der Waals surface area contributed by atoms with Gasteiger partial charge in [0.1, 0.15) is 11.5 Å². The highest BCUT2D eigenvalue weighted by Gasteiger charge is 2.35. The van der Waals surface area contributed by atoms with Crippen LogP contribution in [0.25, 0.3) is 10.9 Å². The summed E-state index contributed by atoms with van der Waals surface area (Å²) in [6, 6.07) is 5.47. The van der Waals surface area contributed by atoms with Gasteiger partial charge in [-0.05, 0) is 31.6 Å². The molecule has 2 atom stereocenters. The number of benzene rings is 1. The van der Waals surface area contributed by atoms with E-state index in [1.807, 2.05) is 7.05 Å². The highest BCUT2D eigenvalue weighted by Crippen LogP contribution is 2.25. The Morgan fingerprint density at radius 2 is 2.12 bits per heavy atom. The largest absolute Gasteiger partial charge is 0.396 e. The van der Waals surface area contributed by atoms with Gasteiger partial charge < -0.3 is 19.9 Å². The van der Waals surface area contributed by atoms with Crippen molar-refractivity contribution in [3.05, 3.63) is 46.0 Å². The standard InChI is InChI=1S/C19H24FN3O3/c1-3-22(2)8-12-9-23(10-13(12)11-24)19(26)16-7-17(25)14-5-4-6-15(20)18(14)21-16/h4-7,12-13,24H,3,8-11H2,1-2H3,(H,21,25)/t12-,13-/m1/s1. The number of pyridine rings is 1. The second kappa shape index (κ2) is 7.55. The van der Waals surface area contributed by atoms with Crippen molar-refractivity contribution < 1.29 is 14.3 Å². The van der Waals surface area contributed by atoms with E-state index in [2.05, 4.69) is 16.8 Å². The van der Waals surface area contributed by atoms with E-state index < -0.39 is 5.82 Å². The maximum atomic E-state index is 14.0. The second-order valence-corrected chi connectivity index (χ2v) is 6.98. The van der Waals surface area contributed by atoms with Crippen molar-refractivity contribution >= 4 is 16.8 Å². The third-order valence-electron chi connectivity index (χ3n) is 5.23. The lowest BCUT2D eigenvalue weighted by atomic mass is 9.96. The smallest absolute Gasteiger partial charge is 0.270 e. The van der Waals surface area contributed by atoms with E-state index >= 15 is 0 Å². The molecule has 2 aromatic rings. The van der Waals surface area contributed by atoms with Crippen molar-refractivity contribution in [3.63, 3.8) is 0 Å². The molecule has 0 saturated carbocycles. The van der Waals surface area contributed by atoms with Gasteiger partial charge in [0.05, 0.1) is 5.52 Å². The van der Waals surface area contributed by atoms with E-state index in [-0.39, 0.29) is 46.4 Å². The third kappa shape index (κ3) is 3.50. The van der Waals surface area contributed by atoms with Crippen LogP contribution in [0.3, 0.4) is 0 Å². The third-order valence-corrected chi connectivity index (χ3v) is 5.23. The quantitative estimate of drug-likeness (QED) is 0.842. The Balaban J connectivity index is 1.87. The van der Waals surface area contributed by atoms with Gasteiger partial charge in [-0.15, -0.1) is 0 Å². The van der Waals surface area contributed by atoms with Crippen LogP contribution in [0.4, 0.5) is 4.39 Å². The van der Waals surface area contributed by atoms with Crippen LogP contribution in [0.15, 0.2) is 29.1 Å². The van der Waals surface area contributed by atoms with E-state index in [4.69, 9.17) is 0 Å². The number of nitrogens with one attached hydrogen (secondary N) is 1. The van der Waals surface area contributed by atoms with E-state index in [1.54, 1.807) is 4.90 Å². The number of aliphatic hydroxyl groups is 1. The molecule has 26 heavy (non-hydrogen) atoms. The van der Waals surface area contributed by atoms with Crippen molar-refractivity contribution in [2.24, 2.45) is 11.8 Å². The first-order valence-corrected chi connectivity index (χ1v) is 8.84. The molecule has 0 spiro atoms. The average molecular weight is 361 g/mol. The van der Waals surface area contributed by atoms with Crippen LogP contribution in [-0.4, -0.2) is 65.6 Å². The lowest BCUT2D eigenvalue weighted by molar-refractivity contribution is 0.0774. The topological polar surface area (TPSA) is 76.6 Å². The molecule has 1 amide bonds. The number of rotatable bonds is 5. The van der Waals surface area contributed by atoms with Gasteiger partial charge in [0.15, 0.2) is 5.43 Å². The second-order valence-electron chi connectivity index (χ2n) is 6.98. The maximum Gasteiger partial charge on any atom is 0.270 e. The predicted octanol–water partition coefficient (Wildman–Crippen LogP) is 1.30. The molecule has 2 N–H and O–H groups in total. The summed E-state index contributed by atoms with van der Waals surface area (Å²) in [5.41, 5.74) is -0.265. The molecule has 1 aromatic heterocycles. The van der Waals surface area contributed by atoms with Crippen LogP contribution < -0.4 is 5.43 Å². The lowest BCUT2D eigenvalue weighted by Crippen LogP contribution is -2.32. The molecular weight excluding hydrogens is 337 g/mol. The van der Waals surface area contributed by atoms with Crippen molar-refractivity contribution in [3.8, 4) is 0 Å². The normalized spacial score (nSPS) is 20.3. The molecule has 7 heteroatoms. The minimum absolute atomic E-state index is 0.00290. The lowest BCUT2D eigenvalue weighted by Gasteiger charge is -2.22. The highest BCUT2D eigenvalue weighted by molar-refractivity contribution is 5.95. The zero-order valence-corrected chi connectivity index (χ0v) is 15.0. The van der Waals surface area contributed by atoms with Crippen LogP contribution >= 0.6 is 0 Å². The molecular formula is C19H24FN3O3. The summed E-state index contributed by atoms with van der Waals surface area (Å²) >= 11 is 0. The molecule has 1 saturated heterocycles. The number of hydrogen-bond donors (Lipinski definition) is 2. The Bertz CT molecular complexity index is 867. The Kier molecular flexibility index (Phi) is 5.38. The molecule has 0 unspecified atom stereocenters. The molecule has 6 nitrogen and oxygen atoms in total. The van der Waals surface area contributed by atoms with Gasteiger partial charge in [-0.3, -0.25) is 9.59 Å². The van der Waals surface area contributed by atoms with Crippen LogP contribution in [0.1, 0.15) is 17.4 Å². The van der Waals surface area contributed by atoms with E-state index in [0.717, 1.165) is 13.1 Å². The van der Waals surface area contributed by atoms with E-state index in [9.17, 15) is 19.1 Å². The number of nitrogens with zero attached hydrogens (tertiary/aromatic N) is 2.